The number of alkyl halides is 1. The van der Waals surface area contributed by atoms with Crippen LogP contribution >= 0.6 is 0 Å². The second-order valence-electron chi connectivity index (χ2n) is 10.8. The Morgan fingerprint density at radius 3 is 2.51 bits per heavy atom. The van der Waals surface area contributed by atoms with Crippen LogP contribution < -0.4 is 10.2 Å². The van der Waals surface area contributed by atoms with E-state index < -0.39 is 11.8 Å². The topological polar surface area (TPSA) is 91.5 Å². The molecule has 0 aromatic carbocycles. The molecule has 2 fully saturated rings. The molecule has 1 saturated heterocycles. The summed E-state index contributed by atoms with van der Waals surface area (Å²) in [5.74, 6) is 1.61. The van der Waals surface area contributed by atoms with Crippen molar-refractivity contribution in [3.05, 3.63) is 29.2 Å². The fourth-order valence-corrected chi connectivity index (χ4v) is 5.69. The van der Waals surface area contributed by atoms with Crippen LogP contribution in [0.1, 0.15) is 69.0 Å². The third-order valence-corrected chi connectivity index (χ3v) is 7.83. The Kier molecular flexibility index (Phi) is 5.62. The lowest BCUT2D eigenvalue weighted by atomic mass is 9.84. The van der Waals surface area contributed by atoms with Gasteiger partial charge in [0.25, 0.3) is 0 Å². The number of halogens is 1. The molecule has 3 aromatic heterocycles. The molecular weight excluding hydrogens is 445 g/mol. The first-order chi connectivity index (χ1) is 16.8. The summed E-state index contributed by atoms with van der Waals surface area (Å²) in [6.45, 7) is 4.94. The van der Waals surface area contributed by atoms with Crippen LogP contribution in [0.2, 0.25) is 0 Å². The lowest BCUT2D eigenvalue weighted by Crippen LogP contribution is -2.36. The summed E-state index contributed by atoms with van der Waals surface area (Å²) in [4.78, 5) is 16.7. The van der Waals surface area contributed by atoms with E-state index in [9.17, 15) is 9.50 Å². The average Bonchev–Trinajstić information content (AvgIpc) is 3.46. The Morgan fingerprint density at radius 2 is 1.80 bits per heavy atom. The van der Waals surface area contributed by atoms with Crippen LogP contribution in [0.3, 0.4) is 0 Å². The number of aromatic nitrogens is 5. The number of fused-ring (bicyclic) bond motifs is 2. The van der Waals surface area contributed by atoms with E-state index in [1.54, 1.807) is 0 Å². The summed E-state index contributed by atoms with van der Waals surface area (Å²) in [6.07, 6.45) is 7.26. The van der Waals surface area contributed by atoms with Crippen molar-refractivity contribution in [1.29, 1.82) is 0 Å². The lowest BCUT2D eigenvalue weighted by Gasteiger charge is -2.34. The molecule has 4 heterocycles. The van der Waals surface area contributed by atoms with Gasteiger partial charge in [-0.2, -0.15) is 9.61 Å². The smallest absolute Gasteiger partial charge is 0.160 e. The van der Waals surface area contributed by atoms with Crippen LogP contribution in [0, 0.1) is 6.92 Å². The predicted octanol–water partition coefficient (Wildman–Crippen LogP) is 4.03. The van der Waals surface area contributed by atoms with E-state index in [0.29, 0.717) is 25.2 Å². The minimum atomic E-state index is -0.820. The highest BCUT2D eigenvalue weighted by Crippen LogP contribution is 2.32. The third-order valence-electron chi connectivity index (χ3n) is 7.83. The largest absolute Gasteiger partial charge is 0.390 e. The third kappa shape index (κ3) is 4.46. The maximum absolute atomic E-state index is 14.0. The molecule has 9 heteroatoms. The number of hydrogen-bond acceptors (Lipinski definition) is 7. The molecule has 2 aliphatic carbocycles. The van der Waals surface area contributed by atoms with Crippen molar-refractivity contribution in [2.24, 2.45) is 0 Å². The van der Waals surface area contributed by atoms with Gasteiger partial charge >= 0.3 is 0 Å². The summed E-state index contributed by atoms with van der Waals surface area (Å²) in [5.41, 5.74) is 4.77. The number of hydrogen-bond donors (Lipinski definition) is 2. The summed E-state index contributed by atoms with van der Waals surface area (Å²) in [6, 6.07) is 4.19. The van der Waals surface area contributed by atoms with E-state index in [4.69, 9.17) is 20.1 Å². The van der Waals surface area contributed by atoms with Crippen LogP contribution in [-0.4, -0.2) is 60.6 Å². The molecule has 0 radical (unpaired) electrons. The van der Waals surface area contributed by atoms with Gasteiger partial charge in [0.15, 0.2) is 5.65 Å². The van der Waals surface area contributed by atoms with Crippen molar-refractivity contribution in [3.63, 3.8) is 0 Å². The van der Waals surface area contributed by atoms with E-state index in [1.807, 2.05) is 35.4 Å². The second kappa shape index (κ2) is 8.69. The fraction of sp³-hybridized carbons (Fsp3) is 0.615. The molecule has 1 aliphatic heterocycles. The Bertz CT molecular complexity index is 1250. The zero-order chi connectivity index (χ0) is 24.2. The molecule has 8 nitrogen and oxygen atoms in total. The minimum absolute atomic E-state index is 0.235. The SMILES string of the molecule is Cc1nc2c(nc1-c1cc3nc(N4CC[C@@H](F)C4)cc(NC4CCC(C)(O)CC4)n3n1)CCCC2. The van der Waals surface area contributed by atoms with Gasteiger partial charge in [0.1, 0.15) is 29.2 Å². The first kappa shape index (κ1) is 22.6. The zero-order valence-corrected chi connectivity index (χ0v) is 20.6. The van der Waals surface area contributed by atoms with Crippen molar-refractivity contribution in [1.82, 2.24) is 24.6 Å². The average molecular weight is 480 g/mol. The van der Waals surface area contributed by atoms with Crippen LogP contribution in [0.15, 0.2) is 12.1 Å². The van der Waals surface area contributed by atoms with Gasteiger partial charge in [0.2, 0.25) is 0 Å². The lowest BCUT2D eigenvalue weighted by molar-refractivity contribution is 0.0196. The zero-order valence-electron chi connectivity index (χ0n) is 20.6. The number of nitrogens with one attached hydrogen (secondary N) is 1. The van der Waals surface area contributed by atoms with Crippen molar-refractivity contribution < 1.29 is 9.50 Å². The molecule has 6 rings (SSSR count). The van der Waals surface area contributed by atoms with E-state index in [-0.39, 0.29) is 6.04 Å². The molecular formula is C26H34FN7O. The monoisotopic (exact) mass is 479 g/mol. The highest BCUT2D eigenvalue weighted by molar-refractivity contribution is 5.67. The molecule has 1 atom stereocenters. The maximum atomic E-state index is 14.0. The first-order valence-electron chi connectivity index (χ1n) is 13.0. The number of anilines is 2. The van der Waals surface area contributed by atoms with Crippen molar-refractivity contribution >= 4 is 17.3 Å². The van der Waals surface area contributed by atoms with Gasteiger partial charge in [0.05, 0.1) is 29.2 Å². The Hall–Kier alpha value is -2.81. The second-order valence-corrected chi connectivity index (χ2v) is 10.8. The van der Waals surface area contributed by atoms with Gasteiger partial charge in [-0.1, -0.05) is 0 Å². The van der Waals surface area contributed by atoms with E-state index in [2.05, 4.69) is 5.32 Å². The number of aliphatic hydroxyl groups is 1. The summed E-state index contributed by atoms with van der Waals surface area (Å²) < 4.78 is 15.8. The highest BCUT2D eigenvalue weighted by atomic mass is 19.1. The van der Waals surface area contributed by atoms with Gasteiger partial charge in [-0.3, -0.25) is 4.98 Å². The predicted molar refractivity (Wildman–Crippen MR) is 134 cm³/mol. The summed E-state index contributed by atoms with van der Waals surface area (Å²) >= 11 is 0. The molecule has 0 bridgehead atoms. The number of nitrogens with zero attached hydrogens (tertiary/aromatic N) is 6. The molecule has 3 aromatic rings. The highest BCUT2D eigenvalue weighted by Gasteiger charge is 2.30. The van der Waals surface area contributed by atoms with Crippen LogP contribution in [0.4, 0.5) is 16.0 Å². The first-order valence-corrected chi connectivity index (χ1v) is 13.0. The van der Waals surface area contributed by atoms with Gasteiger partial charge < -0.3 is 15.3 Å². The summed E-state index contributed by atoms with van der Waals surface area (Å²) in [7, 11) is 0. The molecule has 1 saturated carbocycles. The standard InChI is InChI=1S/C26H34FN7O/c1-16-25(30-20-6-4-3-5-19(20)28-16)21-13-23-31-22(33-12-9-17(27)15-33)14-24(34(23)32-21)29-18-7-10-26(2,35)11-8-18/h13-14,17-18,29,35H,3-12,15H2,1-2H3/t17-,18?,26?/m1/s1. The van der Waals surface area contributed by atoms with Gasteiger partial charge in [0, 0.05) is 24.7 Å². The Morgan fingerprint density at radius 1 is 1.06 bits per heavy atom. The molecule has 0 spiro atoms. The molecule has 0 unspecified atom stereocenters. The molecule has 35 heavy (non-hydrogen) atoms. The number of aryl methyl sites for hydroxylation is 3. The van der Waals surface area contributed by atoms with E-state index in [0.717, 1.165) is 85.1 Å². The van der Waals surface area contributed by atoms with Crippen LogP contribution in [-0.2, 0) is 12.8 Å². The number of rotatable bonds is 4. The molecule has 186 valence electrons. The molecule has 3 aliphatic rings. The van der Waals surface area contributed by atoms with Crippen LogP contribution in [0.25, 0.3) is 17.0 Å². The van der Waals surface area contributed by atoms with E-state index in [1.165, 1.54) is 6.42 Å². The van der Waals surface area contributed by atoms with Crippen LogP contribution in [0.5, 0.6) is 0 Å². The van der Waals surface area contributed by atoms with Gasteiger partial charge in [-0.05, 0) is 71.6 Å². The summed E-state index contributed by atoms with van der Waals surface area (Å²) in [5, 5.41) is 18.9. The van der Waals surface area contributed by atoms with Gasteiger partial charge in [-0.25, -0.2) is 14.4 Å². The Balaban J connectivity index is 1.39. The van der Waals surface area contributed by atoms with Crippen molar-refractivity contribution in [2.75, 3.05) is 23.3 Å². The van der Waals surface area contributed by atoms with Gasteiger partial charge in [-0.15, -0.1) is 0 Å². The normalized spacial score (nSPS) is 26.8. The fourth-order valence-electron chi connectivity index (χ4n) is 5.69. The molecule has 0 amide bonds. The minimum Gasteiger partial charge on any atom is -0.390 e. The van der Waals surface area contributed by atoms with E-state index >= 15 is 0 Å². The molecule has 2 N–H and O–H groups in total. The van der Waals surface area contributed by atoms with Crippen molar-refractivity contribution in [2.45, 2.75) is 89.4 Å². The Labute approximate surface area is 205 Å². The van der Waals surface area contributed by atoms with Crippen molar-refractivity contribution in [3.8, 4) is 11.4 Å². The maximum Gasteiger partial charge on any atom is 0.160 e. The quantitative estimate of drug-likeness (QED) is 0.584.